The van der Waals surface area contributed by atoms with Crippen molar-refractivity contribution in [1.29, 1.82) is 0 Å². The molecule has 106 valence electrons. The highest BCUT2D eigenvalue weighted by Gasteiger charge is 2.04. The molecule has 0 radical (unpaired) electrons. The van der Waals surface area contributed by atoms with Crippen LogP contribution in [0.15, 0.2) is 24.3 Å². The Morgan fingerprint density at radius 2 is 1.74 bits per heavy atom. The van der Waals surface area contributed by atoms with E-state index in [1.807, 2.05) is 38.1 Å². The summed E-state index contributed by atoms with van der Waals surface area (Å²) >= 11 is 0. The molecule has 0 bridgehead atoms. The minimum Gasteiger partial charge on any atom is -0.385 e. The van der Waals surface area contributed by atoms with Crippen LogP contribution in [-0.2, 0) is 4.79 Å². The molecule has 0 saturated carbocycles. The Bertz CT molecular complexity index is 371. The Kier molecular flexibility index (Phi) is 7.01. The first-order valence-electron chi connectivity index (χ1n) is 7.25. The van der Waals surface area contributed by atoms with E-state index in [2.05, 4.69) is 17.6 Å². The van der Waals surface area contributed by atoms with E-state index in [0.29, 0.717) is 12.3 Å². The SMILES string of the molecule is CCCCCNc1ccc(NC(=O)CC(C)C)cc1. The van der Waals surface area contributed by atoms with Gasteiger partial charge in [0.2, 0.25) is 5.91 Å². The zero-order valence-electron chi connectivity index (χ0n) is 12.3. The monoisotopic (exact) mass is 262 g/mol. The van der Waals surface area contributed by atoms with Crippen molar-refractivity contribution in [2.24, 2.45) is 5.92 Å². The minimum absolute atomic E-state index is 0.0821. The van der Waals surface area contributed by atoms with Gasteiger partial charge in [-0.3, -0.25) is 4.79 Å². The maximum absolute atomic E-state index is 11.6. The maximum Gasteiger partial charge on any atom is 0.224 e. The molecule has 0 aromatic heterocycles. The van der Waals surface area contributed by atoms with Crippen molar-refractivity contribution in [3.05, 3.63) is 24.3 Å². The van der Waals surface area contributed by atoms with E-state index in [1.54, 1.807) is 0 Å². The molecule has 0 atom stereocenters. The summed E-state index contributed by atoms with van der Waals surface area (Å²) in [7, 11) is 0. The first-order valence-corrected chi connectivity index (χ1v) is 7.25. The van der Waals surface area contributed by atoms with Gasteiger partial charge in [-0.2, -0.15) is 0 Å². The largest absolute Gasteiger partial charge is 0.385 e. The van der Waals surface area contributed by atoms with Crippen LogP contribution < -0.4 is 10.6 Å². The Labute approximate surface area is 116 Å². The quantitative estimate of drug-likeness (QED) is 0.687. The van der Waals surface area contributed by atoms with Crippen molar-refractivity contribution in [2.75, 3.05) is 17.2 Å². The van der Waals surface area contributed by atoms with Gasteiger partial charge >= 0.3 is 0 Å². The van der Waals surface area contributed by atoms with Crippen LogP contribution >= 0.6 is 0 Å². The molecule has 3 heteroatoms. The van der Waals surface area contributed by atoms with Gasteiger partial charge in [0.15, 0.2) is 0 Å². The van der Waals surface area contributed by atoms with Crippen LogP contribution in [0.25, 0.3) is 0 Å². The lowest BCUT2D eigenvalue weighted by Gasteiger charge is -2.09. The third-order valence-corrected chi connectivity index (χ3v) is 2.87. The highest BCUT2D eigenvalue weighted by atomic mass is 16.1. The third-order valence-electron chi connectivity index (χ3n) is 2.87. The number of rotatable bonds is 8. The van der Waals surface area contributed by atoms with Gasteiger partial charge in [0, 0.05) is 24.3 Å². The van der Waals surface area contributed by atoms with E-state index < -0.39 is 0 Å². The number of hydrogen-bond acceptors (Lipinski definition) is 2. The lowest BCUT2D eigenvalue weighted by Crippen LogP contribution is -2.13. The van der Waals surface area contributed by atoms with Crippen molar-refractivity contribution in [2.45, 2.75) is 46.5 Å². The number of nitrogens with one attached hydrogen (secondary N) is 2. The lowest BCUT2D eigenvalue weighted by atomic mass is 10.1. The van der Waals surface area contributed by atoms with Crippen LogP contribution in [0.5, 0.6) is 0 Å². The summed E-state index contributed by atoms with van der Waals surface area (Å²) in [6.45, 7) is 7.30. The Morgan fingerprint density at radius 1 is 1.11 bits per heavy atom. The fraction of sp³-hybridized carbons (Fsp3) is 0.562. The summed E-state index contributed by atoms with van der Waals surface area (Å²) in [6.07, 6.45) is 4.26. The average molecular weight is 262 g/mol. The highest BCUT2D eigenvalue weighted by molar-refractivity contribution is 5.90. The number of unbranched alkanes of at least 4 members (excludes halogenated alkanes) is 2. The number of carbonyl (C=O) groups excluding carboxylic acids is 1. The van der Waals surface area contributed by atoms with E-state index in [4.69, 9.17) is 0 Å². The van der Waals surface area contributed by atoms with Crippen molar-refractivity contribution in [3.63, 3.8) is 0 Å². The first kappa shape index (κ1) is 15.5. The molecule has 1 rings (SSSR count). The summed E-state index contributed by atoms with van der Waals surface area (Å²) < 4.78 is 0. The van der Waals surface area contributed by atoms with Gasteiger partial charge in [0.1, 0.15) is 0 Å². The molecule has 2 N–H and O–H groups in total. The van der Waals surface area contributed by atoms with E-state index >= 15 is 0 Å². The Hall–Kier alpha value is -1.51. The van der Waals surface area contributed by atoms with Gasteiger partial charge in [-0.25, -0.2) is 0 Å². The molecule has 19 heavy (non-hydrogen) atoms. The fourth-order valence-electron chi connectivity index (χ4n) is 1.86. The van der Waals surface area contributed by atoms with E-state index in [1.165, 1.54) is 19.3 Å². The van der Waals surface area contributed by atoms with E-state index in [9.17, 15) is 4.79 Å². The Morgan fingerprint density at radius 3 is 2.32 bits per heavy atom. The van der Waals surface area contributed by atoms with Crippen molar-refractivity contribution in [1.82, 2.24) is 0 Å². The average Bonchev–Trinajstić information content (AvgIpc) is 2.35. The summed E-state index contributed by atoms with van der Waals surface area (Å²) in [4.78, 5) is 11.6. The molecule has 0 aliphatic carbocycles. The zero-order chi connectivity index (χ0) is 14.1. The second kappa shape index (κ2) is 8.57. The molecule has 0 unspecified atom stereocenters. The number of hydrogen-bond donors (Lipinski definition) is 2. The molecule has 3 nitrogen and oxygen atoms in total. The predicted molar refractivity (Wildman–Crippen MR) is 82.5 cm³/mol. The van der Waals surface area contributed by atoms with E-state index in [0.717, 1.165) is 17.9 Å². The first-order chi connectivity index (χ1) is 9.11. The minimum atomic E-state index is 0.0821. The van der Waals surface area contributed by atoms with Crippen molar-refractivity contribution >= 4 is 17.3 Å². The third kappa shape index (κ3) is 6.85. The second-order valence-electron chi connectivity index (χ2n) is 5.36. The van der Waals surface area contributed by atoms with Gasteiger partial charge in [-0.15, -0.1) is 0 Å². The fourth-order valence-corrected chi connectivity index (χ4v) is 1.86. The molecule has 0 spiro atoms. The van der Waals surface area contributed by atoms with Crippen LogP contribution in [0.1, 0.15) is 46.5 Å². The topological polar surface area (TPSA) is 41.1 Å². The summed E-state index contributed by atoms with van der Waals surface area (Å²) in [6, 6.07) is 7.91. The molecule has 0 heterocycles. The van der Waals surface area contributed by atoms with E-state index in [-0.39, 0.29) is 5.91 Å². The summed E-state index contributed by atoms with van der Waals surface area (Å²) in [5.41, 5.74) is 1.97. The smallest absolute Gasteiger partial charge is 0.224 e. The summed E-state index contributed by atoms with van der Waals surface area (Å²) in [5, 5.41) is 6.29. The lowest BCUT2D eigenvalue weighted by molar-refractivity contribution is -0.116. The van der Waals surface area contributed by atoms with Crippen molar-refractivity contribution in [3.8, 4) is 0 Å². The van der Waals surface area contributed by atoms with Gasteiger partial charge in [0.25, 0.3) is 0 Å². The van der Waals surface area contributed by atoms with Gasteiger partial charge in [-0.1, -0.05) is 33.6 Å². The Balaban J connectivity index is 2.36. The molecule has 0 saturated heterocycles. The molecule has 0 aliphatic heterocycles. The highest BCUT2D eigenvalue weighted by Crippen LogP contribution is 2.14. The standard InChI is InChI=1S/C16H26N2O/c1-4-5-6-11-17-14-7-9-15(10-8-14)18-16(19)12-13(2)3/h7-10,13,17H,4-6,11-12H2,1-3H3,(H,18,19). The summed E-state index contributed by atoms with van der Waals surface area (Å²) in [5.74, 6) is 0.471. The molecule has 1 aromatic carbocycles. The molecule has 0 aliphatic rings. The van der Waals surface area contributed by atoms with Gasteiger partial charge < -0.3 is 10.6 Å². The van der Waals surface area contributed by atoms with Crippen LogP contribution in [0.3, 0.4) is 0 Å². The molecular weight excluding hydrogens is 236 g/mol. The maximum atomic E-state index is 11.6. The molecular formula is C16H26N2O. The number of anilines is 2. The normalized spacial score (nSPS) is 10.5. The zero-order valence-corrected chi connectivity index (χ0v) is 12.3. The van der Waals surface area contributed by atoms with Crippen molar-refractivity contribution < 1.29 is 4.79 Å². The van der Waals surface area contributed by atoms with Crippen LogP contribution in [0.2, 0.25) is 0 Å². The second-order valence-corrected chi connectivity index (χ2v) is 5.36. The van der Waals surface area contributed by atoms with Gasteiger partial charge in [0.05, 0.1) is 0 Å². The molecule has 1 amide bonds. The number of amides is 1. The van der Waals surface area contributed by atoms with Crippen LogP contribution in [0, 0.1) is 5.92 Å². The van der Waals surface area contributed by atoms with Gasteiger partial charge in [-0.05, 0) is 36.6 Å². The molecule has 0 fully saturated rings. The van der Waals surface area contributed by atoms with Crippen LogP contribution in [0.4, 0.5) is 11.4 Å². The number of benzene rings is 1. The predicted octanol–water partition coefficient (Wildman–Crippen LogP) is 4.27. The van der Waals surface area contributed by atoms with Crippen LogP contribution in [-0.4, -0.2) is 12.5 Å². The number of carbonyl (C=O) groups is 1. The molecule has 1 aromatic rings.